The molecular formula is C19H27ClN2O3. The molecule has 1 aromatic rings. The fourth-order valence-corrected chi connectivity index (χ4v) is 3.14. The Morgan fingerprint density at radius 3 is 2.64 bits per heavy atom. The Hall–Kier alpha value is -1.75. The van der Waals surface area contributed by atoms with Crippen LogP contribution in [0, 0.1) is 0 Å². The molecule has 25 heavy (non-hydrogen) atoms. The molecule has 2 rings (SSSR count). The zero-order valence-electron chi connectivity index (χ0n) is 14.9. The predicted molar refractivity (Wildman–Crippen MR) is 99.2 cm³/mol. The maximum Gasteiger partial charge on any atom is 0.255 e. The lowest BCUT2D eigenvalue weighted by molar-refractivity contribution is -0.121. The largest absolute Gasteiger partial charge is 0.490 e. The molecule has 1 fully saturated rings. The van der Waals surface area contributed by atoms with Crippen molar-refractivity contribution in [3.8, 4) is 5.75 Å². The first kappa shape index (κ1) is 19.6. The average molecular weight is 367 g/mol. The van der Waals surface area contributed by atoms with Crippen LogP contribution in [0.3, 0.4) is 0 Å². The monoisotopic (exact) mass is 366 g/mol. The minimum atomic E-state index is -0.288. The summed E-state index contributed by atoms with van der Waals surface area (Å²) in [5, 5.41) is 6.28. The summed E-state index contributed by atoms with van der Waals surface area (Å²) >= 11 is 5.99. The lowest BCUT2D eigenvalue weighted by Crippen LogP contribution is -2.38. The fraction of sp³-hybridized carbons (Fsp3) is 0.579. The first-order valence-electron chi connectivity index (χ1n) is 8.99. The number of rotatable bonds is 7. The van der Waals surface area contributed by atoms with E-state index in [-0.39, 0.29) is 36.9 Å². The van der Waals surface area contributed by atoms with Crippen LogP contribution < -0.4 is 15.4 Å². The van der Waals surface area contributed by atoms with Gasteiger partial charge in [-0.15, -0.1) is 0 Å². The summed E-state index contributed by atoms with van der Waals surface area (Å²) in [6.07, 6.45) is 5.93. The molecule has 0 heterocycles. The molecule has 1 aromatic carbocycles. The smallest absolute Gasteiger partial charge is 0.255 e. The van der Waals surface area contributed by atoms with Gasteiger partial charge in [0.15, 0.2) is 0 Å². The highest BCUT2D eigenvalue weighted by molar-refractivity contribution is 6.31. The van der Waals surface area contributed by atoms with Gasteiger partial charge in [0.1, 0.15) is 5.75 Å². The number of carbonyl (C=O) groups excluding carboxylic acids is 2. The van der Waals surface area contributed by atoms with Gasteiger partial charge in [-0.2, -0.15) is 0 Å². The van der Waals surface area contributed by atoms with Crippen molar-refractivity contribution < 1.29 is 14.3 Å². The van der Waals surface area contributed by atoms with Crippen molar-refractivity contribution >= 4 is 23.4 Å². The van der Waals surface area contributed by atoms with Gasteiger partial charge in [0, 0.05) is 24.0 Å². The summed E-state index contributed by atoms with van der Waals surface area (Å²) in [6, 6.07) is 5.24. The Bertz CT molecular complexity index is 598. The van der Waals surface area contributed by atoms with E-state index in [1.807, 2.05) is 13.8 Å². The lowest BCUT2D eigenvalue weighted by atomic mass is 9.95. The van der Waals surface area contributed by atoms with Gasteiger partial charge >= 0.3 is 0 Å². The first-order chi connectivity index (χ1) is 12.0. The molecule has 138 valence electrons. The van der Waals surface area contributed by atoms with Crippen molar-refractivity contribution in [3.05, 3.63) is 28.8 Å². The third-order valence-electron chi connectivity index (χ3n) is 4.16. The standard InChI is InChI=1S/C19H27ClN2O3/c1-13(2)25-17-9-8-14(20)12-16(17)19(24)21-11-10-18(23)22-15-6-4-3-5-7-15/h8-9,12-13,15H,3-7,10-11H2,1-2H3,(H,21,24)(H,22,23). The van der Waals surface area contributed by atoms with E-state index < -0.39 is 0 Å². The molecule has 0 aliphatic heterocycles. The van der Waals surface area contributed by atoms with E-state index in [1.54, 1.807) is 18.2 Å². The zero-order chi connectivity index (χ0) is 18.2. The van der Waals surface area contributed by atoms with Crippen LogP contribution in [0.25, 0.3) is 0 Å². The molecule has 0 saturated heterocycles. The molecule has 0 atom stereocenters. The molecule has 1 saturated carbocycles. The Morgan fingerprint density at radius 2 is 1.96 bits per heavy atom. The van der Waals surface area contributed by atoms with Gasteiger partial charge in [-0.25, -0.2) is 0 Å². The number of nitrogens with one attached hydrogen (secondary N) is 2. The van der Waals surface area contributed by atoms with Crippen LogP contribution in [0.5, 0.6) is 5.75 Å². The third-order valence-corrected chi connectivity index (χ3v) is 4.39. The second-order valence-corrected chi connectivity index (χ2v) is 7.15. The highest BCUT2D eigenvalue weighted by atomic mass is 35.5. The van der Waals surface area contributed by atoms with Gasteiger partial charge in [-0.1, -0.05) is 30.9 Å². The second-order valence-electron chi connectivity index (χ2n) is 6.72. The van der Waals surface area contributed by atoms with Crippen LogP contribution in [0.1, 0.15) is 62.7 Å². The molecule has 1 aliphatic carbocycles. The van der Waals surface area contributed by atoms with Crippen LogP contribution in [-0.4, -0.2) is 30.5 Å². The van der Waals surface area contributed by atoms with Crippen molar-refractivity contribution in [2.24, 2.45) is 0 Å². The van der Waals surface area contributed by atoms with Gasteiger partial charge < -0.3 is 15.4 Å². The van der Waals surface area contributed by atoms with E-state index in [4.69, 9.17) is 16.3 Å². The van der Waals surface area contributed by atoms with Crippen LogP contribution in [0.15, 0.2) is 18.2 Å². The maximum atomic E-state index is 12.4. The quantitative estimate of drug-likeness (QED) is 0.773. The normalized spacial score (nSPS) is 15.0. The van der Waals surface area contributed by atoms with E-state index in [0.717, 1.165) is 12.8 Å². The van der Waals surface area contributed by atoms with Crippen LogP contribution >= 0.6 is 11.6 Å². The fourth-order valence-electron chi connectivity index (χ4n) is 2.97. The summed E-state index contributed by atoms with van der Waals surface area (Å²) in [7, 11) is 0. The highest BCUT2D eigenvalue weighted by Crippen LogP contribution is 2.24. The Balaban J connectivity index is 1.83. The molecule has 0 aromatic heterocycles. The van der Waals surface area contributed by atoms with Gasteiger partial charge in [-0.05, 0) is 44.9 Å². The van der Waals surface area contributed by atoms with Crippen molar-refractivity contribution in [2.45, 2.75) is 64.5 Å². The van der Waals surface area contributed by atoms with E-state index in [9.17, 15) is 9.59 Å². The van der Waals surface area contributed by atoms with Crippen LogP contribution in [0.4, 0.5) is 0 Å². The molecule has 0 spiro atoms. The number of ether oxygens (including phenoxy) is 1. The molecule has 2 N–H and O–H groups in total. The predicted octanol–water partition coefficient (Wildman–Crippen LogP) is 3.70. The number of halogens is 1. The summed E-state index contributed by atoms with van der Waals surface area (Å²) in [5.74, 6) is 0.184. The molecular weight excluding hydrogens is 340 g/mol. The van der Waals surface area contributed by atoms with Crippen LogP contribution in [0.2, 0.25) is 5.02 Å². The van der Waals surface area contributed by atoms with E-state index in [0.29, 0.717) is 16.3 Å². The van der Waals surface area contributed by atoms with E-state index in [1.165, 1.54) is 19.3 Å². The average Bonchev–Trinajstić information content (AvgIpc) is 2.57. The molecule has 0 radical (unpaired) electrons. The number of benzene rings is 1. The Labute approximate surface area is 154 Å². The van der Waals surface area contributed by atoms with Crippen molar-refractivity contribution in [3.63, 3.8) is 0 Å². The number of hydrogen-bond donors (Lipinski definition) is 2. The number of carbonyl (C=O) groups is 2. The summed E-state index contributed by atoms with van der Waals surface area (Å²) < 4.78 is 5.65. The summed E-state index contributed by atoms with van der Waals surface area (Å²) in [6.45, 7) is 4.07. The molecule has 0 bridgehead atoms. The maximum absolute atomic E-state index is 12.4. The van der Waals surface area contributed by atoms with Crippen LogP contribution in [-0.2, 0) is 4.79 Å². The van der Waals surface area contributed by atoms with Crippen molar-refractivity contribution in [1.82, 2.24) is 10.6 Å². The molecule has 5 nitrogen and oxygen atoms in total. The highest BCUT2D eigenvalue weighted by Gasteiger charge is 2.17. The van der Waals surface area contributed by atoms with Gasteiger partial charge in [0.25, 0.3) is 5.91 Å². The van der Waals surface area contributed by atoms with Gasteiger partial charge in [0.2, 0.25) is 5.91 Å². The number of amides is 2. The van der Waals surface area contributed by atoms with Gasteiger partial charge in [0.05, 0.1) is 11.7 Å². The van der Waals surface area contributed by atoms with Crippen molar-refractivity contribution in [2.75, 3.05) is 6.54 Å². The van der Waals surface area contributed by atoms with E-state index in [2.05, 4.69) is 10.6 Å². The summed E-state index contributed by atoms with van der Waals surface area (Å²) in [5.41, 5.74) is 0.383. The van der Waals surface area contributed by atoms with Crippen molar-refractivity contribution in [1.29, 1.82) is 0 Å². The Kier molecular flexibility index (Phi) is 7.56. The molecule has 2 amide bonds. The first-order valence-corrected chi connectivity index (χ1v) is 9.37. The SMILES string of the molecule is CC(C)Oc1ccc(Cl)cc1C(=O)NCCC(=O)NC1CCCCC1. The lowest BCUT2D eigenvalue weighted by Gasteiger charge is -2.22. The zero-order valence-corrected chi connectivity index (χ0v) is 15.7. The van der Waals surface area contributed by atoms with Gasteiger partial charge in [-0.3, -0.25) is 9.59 Å². The Morgan fingerprint density at radius 1 is 1.24 bits per heavy atom. The second kappa shape index (κ2) is 9.66. The molecule has 1 aliphatic rings. The summed E-state index contributed by atoms with van der Waals surface area (Å²) in [4.78, 5) is 24.4. The number of hydrogen-bond acceptors (Lipinski definition) is 3. The minimum Gasteiger partial charge on any atom is -0.490 e. The topological polar surface area (TPSA) is 67.4 Å². The van der Waals surface area contributed by atoms with E-state index >= 15 is 0 Å². The third kappa shape index (κ3) is 6.58. The molecule has 0 unspecified atom stereocenters. The minimum absolute atomic E-state index is 0.0167. The molecule has 6 heteroatoms.